The molecule has 0 radical (unpaired) electrons. The number of fused-ring (bicyclic) bond motifs is 2. The molecule has 0 aliphatic heterocycles. The van der Waals surface area contributed by atoms with E-state index in [4.69, 9.17) is 5.10 Å². The Labute approximate surface area is 170 Å². The summed E-state index contributed by atoms with van der Waals surface area (Å²) in [4.78, 5) is 0. The Kier molecular flexibility index (Phi) is 4.51. The third kappa shape index (κ3) is 3.37. The second-order valence-electron chi connectivity index (χ2n) is 6.96. The maximum absolute atomic E-state index is 4.94. The summed E-state index contributed by atoms with van der Waals surface area (Å²) >= 11 is 0. The van der Waals surface area contributed by atoms with E-state index in [1.165, 1.54) is 21.5 Å². The van der Waals surface area contributed by atoms with Gasteiger partial charge in [-0.25, -0.2) is 5.01 Å². The fourth-order valence-corrected chi connectivity index (χ4v) is 3.72. The van der Waals surface area contributed by atoms with Gasteiger partial charge in [0.2, 0.25) is 0 Å². The molecule has 2 heteroatoms. The number of benzene rings is 5. The van der Waals surface area contributed by atoms with E-state index in [0.717, 1.165) is 16.9 Å². The molecular weight excluding hydrogens is 352 g/mol. The van der Waals surface area contributed by atoms with Crippen LogP contribution >= 0.6 is 0 Å². The van der Waals surface area contributed by atoms with Crippen LogP contribution in [0.25, 0.3) is 21.5 Å². The van der Waals surface area contributed by atoms with Crippen LogP contribution in [0, 0.1) is 0 Å². The van der Waals surface area contributed by atoms with E-state index in [-0.39, 0.29) is 0 Å². The van der Waals surface area contributed by atoms with Crippen molar-refractivity contribution in [3.05, 3.63) is 121 Å². The minimum Gasteiger partial charge on any atom is -0.234 e. The highest BCUT2D eigenvalue weighted by Gasteiger charge is 2.09. The van der Waals surface area contributed by atoms with Gasteiger partial charge in [-0.05, 0) is 51.9 Å². The van der Waals surface area contributed by atoms with Gasteiger partial charge in [0.1, 0.15) is 0 Å². The molecule has 5 rings (SSSR count). The van der Waals surface area contributed by atoms with E-state index in [2.05, 4.69) is 78.9 Å². The zero-order chi connectivity index (χ0) is 19.5. The minimum atomic E-state index is 1.03. The average Bonchev–Trinajstić information content (AvgIpc) is 2.80. The molecule has 0 bridgehead atoms. The van der Waals surface area contributed by atoms with Gasteiger partial charge in [0, 0.05) is 5.56 Å². The van der Waals surface area contributed by atoms with Crippen molar-refractivity contribution < 1.29 is 0 Å². The Morgan fingerprint density at radius 3 is 1.48 bits per heavy atom. The molecule has 0 saturated heterocycles. The van der Waals surface area contributed by atoms with Crippen molar-refractivity contribution in [2.45, 2.75) is 0 Å². The van der Waals surface area contributed by atoms with E-state index in [1.807, 2.05) is 47.6 Å². The number of anilines is 2. The number of hydrogen-bond donors (Lipinski definition) is 0. The lowest BCUT2D eigenvalue weighted by molar-refractivity contribution is 1.09. The van der Waals surface area contributed by atoms with Crippen LogP contribution in [0.4, 0.5) is 11.4 Å². The van der Waals surface area contributed by atoms with Crippen molar-refractivity contribution in [2.24, 2.45) is 5.10 Å². The zero-order valence-corrected chi connectivity index (χ0v) is 15.9. The molecule has 5 aromatic carbocycles. The van der Waals surface area contributed by atoms with E-state index in [0.29, 0.717) is 0 Å². The summed E-state index contributed by atoms with van der Waals surface area (Å²) in [6, 6.07) is 39.7. The van der Waals surface area contributed by atoms with Crippen molar-refractivity contribution in [1.82, 2.24) is 0 Å². The smallest absolute Gasteiger partial charge is 0.0652 e. The molecule has 5 aromatic rings. The number of nitrogens with zero attached hydrogens (tertiary/aromatic N) is 2. The van der Waals surface area contributed by atoms with Crippen molar-refractivity contribution in [3.63, 3.8) is 0 Å². The monoisotopic (exact) mass is 372 g/mol. The summed E-state index contributed by atoms with van der Waals surface area (Å²) < 4.78 is 0. The number of hydrazone groups is 1. The predicted octanol–water partition coefficient (Wildman–Crippen LogP) is 7.17. The molecule has 2 nitrogen and oxygen atoms in total. The van der Waals surface area contributed by atoms with Gasteiger partial charge in [-0.3, -0.25) is 0 Å². The van der Waals surface area contributed by atoms with E-state index >= 15 is 0 Å². The summed E-state index contributed by atoms with van der Waals surface area (Å²) in [6.45, 7) is 0. The molecule has 0 N–H and O–H groups in total. The van der Waals surface area contributed by atoms with E-state index in [9.17, 15) is 0 Å². The molecule has 138 valence electrons. The van der Waals surface area contributed by atoms with Gasteiger partial charge in [-0.1, -0.05) is 84.9 Å². The van der Waals surface area contributed by atoms with Crippen LogP contribution in [0.3, 0.4) is 0 Å². The highest BCUT2D eigenvalue weighted by molar-refractivity contribution is 6.13. The Morgan fingerprint density at radius 1 is 0.517 bits per heavy atom. The normalized spacial score (nSPS) is 11.3. The molecule has 0 amide bonds. The first-order chi connectivity index (χ1) is 14.4. The van der Waals surface area contributed by atoms with Crippen LogP contribution in [0.5, 0.6) is 0 Å². The van der Waals surface area contributed by atoms with Crippen LogP contribution in [-0.4, -0.2) is 6.21 Å². The van der Waals surface area contributed by atoms with Gasteiger partial charge in [0.15, 0.2) is 0 Å². The van der Waals surface area contributed by atoms with Crippen LogP contribution in [0.1, 0.15) is 5.56 Å². The number of rotatable bonds is 4. The summed E-state index contributed by atoms with van der Waals surface area (Å²) in [5.41, 5.74) is 3.19. The zero-order valence-electron chi connectivity index (χ0n) is 15.9. The summed E-state index contributed by atoms with van der Waals surface area (Å²) in [5, 5.41) is 11.8. The predicted molar refractivity (Wildman–Crippen MR) is 124 cm³/mol. The lowest BCUT2D eigenvalue weighted by atomic mass is 9.97. The van der Waals surface area contributed by atoms with Crippen molar-refractivity contribution in [2.75, 3.05) is 5.01 Å². The Balaban J connectivity index is 1.70. The lowest BCUT2D eigenvalue weighted by Crippen LogP contribution is -2.09. The first-order valence-electron chi connectivity index (χ1n) is 9.75. The maximum Gasteiger partial charge on any atom is 0.0652 e. The largest absolute Gasteiger partial charge is 0.234 e. The second-order valence-corrected chi connectivity index (χ2v) is 6.96. The highest BCUT2D eigenvalue weighted by atomic mass is 15.5. The molecular formula is C27H20N2. The van der Waals surface area contributed by atoms with Gasteiger partial charge in [0.25, 0.3) is 0 Å². The Bertz CT molecular complexity index is 1200. The molecule has 0 saturated carbocycles. The highest BCUT2D eigenvalue weighted by Crippen LogP contribution is 2.29. The molecule has 29 heavy (non-hydrogen) atoms. The Hall–Kier alpha value is -3.91. The fraction of sp³-hybridized carbons (Fsp3) is 0. The lowest BCUT2D eigenvalue weighted by Gasteiger charge is -2.19. The molecule has 0 aliphatic carbocycles. The first-order valence-corrected chi connectivity index (χ1v) is 9.75. The molecule has 0 fully saturated rings. The third-order valence-electron chi connectivity index (χ3n) is 5.12. The van der Waals surface area contributed by atoms with Gasteiger partial charge >= 0.3 is 0 Å². The summed E-state index contributed by atoms with van der Waals surface area (Å²) in [7, 11) is 0. The average molecular weight is 372 g/mol. The van der Waals surface area contributed by atoms with Gasteiger partial charge in [-0.2, -0.15) is 5.10 Å². The molecule has 0 atom stereocenters. The van der Waals surface area contributed by atoms with Crippen LogP contribution in [0.15, 0.2) is 120 Å². The first kappa shape index (κ1) is 17.2. The molecule has 0 aromatic heterocycles. The summed E-state index contributed by atoms with van der Waals surface area (Å²) in [6.07, 6.45) is 1.99. The Morgan fingerprint density at radius 2 is 0.966 bits per heavy atom. The fourth-order valence-electron chi connectivity index (χ4n) is 3.72. The molecule has 0 aliphatic rings. The summed E-state index contributed by atoms with van der Waals surface area (Å²) in [5.74, 6) is 0. The van der Waals surface area contributed by atoms with Crippen LogP contribution in [-0.2, 0) is 0 Å². The molecule has 0 unspecified atom stereocenters. The number of hydrogen-bond acceptors (Lipinski definition) is 2. The van der Waals surface area contributed by atoms with Gasteiger partial charge in [-0.15, -0.1) is 0 Å². The molecule has 0 heterocycles. The standard InChI is InChI=1S/C27H20N2/c1-3-13-23(14-4-1)29(24-15-5-2-6-16-24)28-20-27-25-17-9-7-11-21(25)19-22-12-8-10-18-26(22)27/h1-20H/b28-20+. The quantitative estimate of drug-likeness (QED) is 0.185. The van der Waals surface area contributed by atoms with Crippen molar-refractivity contribution in [1.29, 1.82) is 0 Å². The molecule has 0 spiro atoms. The van der Waals surface area contributed by atoms with E-state index < -0.39 is 0 Å². The van der Waals surface area contributed by atoms with Gasteiger partial charge < -0.3 is 0 Å². The van der Waals surface area contributed by atoms with Crippen LogP contribution in [0.2, 0.25) is 0 Å². The minimum absolute atomic E-state index is 1.03. The third-order valence-corrected chi connectivity index (χ3v) is 5.12. The topological polar surface area (TPSA) is 15.6 Å². The van der Waals surface area contributed by atoms with E-state index in [1.54, 1.807) is 0 Å². The van der Waals surface area contributed by atoms with Crippen molar-refractivity contribution >= 4 is 39.1 Å². The SMILES string of the molecule is C(=N\N(c1ccccc1)c1ccccc1)/c1c2ccccc2cc2ccccc12. The number of para-hydroxylation sites is 2. The van der Waals surface area contributed by atoms with Crippen molar-refractivity contribution in [3.8, 4) is 0 Å². The second kappa shape index (κ2) is 7.61. The van der Waals surface area contributed by atoms with Crippen LogP contribution < -0.4 is 5.01 Å². The van der Waals surface area contributed by atoms with Gasteiger partial charge in [0.05, 0.1) is 17.6 Å². The maximum atomic E-state index is 4.94.